The van der Waals surface area contributed by atoms with Gasteiger partial charge in [0.2, 0.25) is 0 Å². The minimum absolute atomic E-state index is 0.100. The van der Waals surface area contributed by atoms with Crippen LogP contribution in [-0.4, -0.2) is 35.1 Å². The zero-order chi connectivity index (χ0) is 13.3. The maximum atomic E-state index is 11.4. The lowest BCUT2D eigenvalue weighted by Crippen LogP contribution is -2.62. The van der Waals surface area contributed by atoms with Crippen molar-refractivity contribution in [2.45, 2.75) is 70.3 Å². The van der Waals surface area contributed by atoms with E-state index in [1.807, 2.05) is 0 Å². The molecule has 3 nitrogen and oxygen atoms in total. The van der Waals surface area contributed by atoms with Gasteiger partial charge < -0.3 is 5.11 Å². The highest BCUT2D eigenvalue weighted by Gasteiger charge is 2.47. The molecule has 108 valence electrons. The van der Waals surface area contributed by atoms with Crippen LogP contribution < -0.4 is 0 Å². The molecular formula is C16H27NO2. The molecule has 2 aliphatic carbocycles. The Morgan fingerprint density at radius 2 is 1.58 bits per heavy atom. The lowest BCUT2D eigenvalue weighted by molar-refractivity contribution is -0.150. The van der Waals surface area contributed by atoms with Crippen LogP contribution >= 0.6 is 0 Å². The number of hydrogen-bond acceptors (Lipinski definition) is 2. The third kappa shape index (κ3) is 2.67. The van der Waals surface area contributed by atoms with Crippen LogP contribution in [0.15, 0.2) is 0 Å². The fourth-order valence-corrected chi connectivity index (χ4v) is 4.68. The van der Waals surface area contributed by atoms with Gasteiger partial charge in [-0.25, -0.2) is 0 Å². The van der Waals surface area contributed by atoms with Crippen molar-refractivity contribution in [1.29, 1.82) is 0 Å². The first kappa shape index (κ1) is 13.4. The SMILES string of the molecule is O=C(O)C1CCCCC1N1CC2(CCCCCC2)C1. The minimum Gasteiger partial charge on any atom is -0.481 e. The van der Waals surface area contributed by atoms with Gasteiger partial charge in [-0.1, -0.05) is 38.5 Å². The van der Waals surface area contributed by atoms with Gasteiger partial charge >= 0.3 is 5.97 Å². The molecule has 2 atom stereocenters. The molecule has 3 aliphatic rings. The molecule has 1 N–H and O–H groups in total. The van der Waals surface area contributed by atoms with Crippen LogP contribution in [0.1, 0.15) is 64.2 Å². The summed E-state index contributed by atoms with van der Waals surface area (Å²) in [5.41, 5.74) is 0.566. The van der Waals surface area contributed by atoms with Gasteiger partial charge in [-0.05, 0) is 31.1 Å². The number of rotatable bonds is 2. The van der Waals surface area contributed by atoms with Gasteiger partial charge in [0.15, 0.2) is 0 Å². The van der Waals surface area contributed by atoms with Gasteiger partial charge in [-0.15, -0.1) is 0 Å². The van der Waals surface area contributed by atoms with E-state index in [0.717, 1.165) is 19.3 Å². The average molecular weight is 265 g/mol. The first-order valence-electron chi connectivity index (χ1n) is 8.17. The molecule has 19 heavy (non-hydrogen) atoms. The molecular weight excluding hydrogens is 238 g/mol. The van der Waals surface area contributed by atoms with Crippen molar-refractivity contribution in [2.24, 2.45) is 11.3 Å². The summed E-state index contributed by atoms with van der Waals surface area (Å²) in [7, 11) is 0. The molecule has 0 aromatic rings. The number of likely N-dealkylation sites (tertiary alicyclic amines) is 1. The van der Waals surface area contributed by atoms with Crippen LogP contribution in [0.5, 0.6) is 0 Å². The van der Waals surface area contributed by atoms with Gasteiger partial charge in [0, 0.05) is 19.1 Å². The van der Waals surface area contributed by atoms with E-state index in [2.05, 4.69) is 4.90 Å². The molecule has 1 spiro atoms. The van der Waals surface area contributed by atoms with Crippen LogP contribution in [0.4, 0.5) is 0 Å². The Bertz CT molecular complexity index is 326. The van der Waals surface area contributed by atoms with Gasteiger partial charge in [0.05, 0.1) is 5.92 Å². The van der Waals surface area contributed by atoms with Crippen molar-refractivity contribution in [3.63, 3.8) is 0 Å². The molecule has 1 heterocycles. The van der Waals surface area contributed by atoms with E-state index in [4.69, 9.17) is 0 Å². The number of carboxylic acids is 1. The highest BCUT2D eigenvalue weighted by molar-refractivity contribution is 5.71. The van der Waals surface area contributed by atoms with Crippen molar-refractivity contribution in [1.82, 2.24) is 4.90 Å². The fraction of sp³-hybridized carbons (Fsp3) is 0.938. The van der Waals surface area contributed by atoms with Gasteiger partial charge in [-0.2, -0.15) is 0 Å². The smallest absolute Gasteiger partial charge is 0.308 e. The summed E-state index contributed by atoms with van der Waals surface area (Å²) < 4.78 is 0. The summed E-state index contributed by atoms with van der Waals surface area (Å²) in [6.45, 7) is 2.36. The Balaban J connectivity index is 1.60. The number of aliphatic carboxylic acids is 1. The predicted octanol–water partition coefficient (Wildman–Crippen LogP) is 3.29. The van der Waals surface area contributed by atoms with Gasteiger partial charge in [0.25, 0.3) is 0 Å². The summed E-state index contributed by atoms with van der Waals surface area (Å²) in [5, 5.41) is 9.40. The van der Waals surface area contributed by atoms with Crippen molar-refractivity contribution in [3.05, 3.63) is 0 Å². The van der Waals surface area contributed by atoms with Crippen LogP contribution in [0.3, 0.4) is 0 Å². The van der Waals surface area contributed by atoms with E-state index >= 15 is 0 Å². The summed E-state index contributed by atoms with van der Waals surface area (Å²) in [6, 6.07) is 0.333. The molecule has 0 aromatic carbocycles. The van der Waals surface area contributed by atoms with E-state index in [1.54, 1.807) is 0 Å². The third-order valence-corrected chi connectivity index (χ3v) is 5.76. The zero-order valence-corrected chi connectivity index (χ0v) is 11.9. The van der Waals surface area contributed by atoms with Crippen molar-refractivity contribution in [3.8, 4) is 0 Å². The predicted molar refractivity (Wildman–Crippen MR) is 75.1 cm³/mol. The molecule has 0 bridgehead atoms. The summed E-state index contributed by atoms with van der Waals surface area (Å²) in [5.74, 6) is -0.664. The number of carbonyl (C=O) groups is 1. The normalized spacial score (nSPS) is 35.6. The Labute approximate surface area is 116 Å². The van der Waals surface area contributed by atoms with E-state index < -0.39 is 5.97 Å². The molecule has 2 unspecified atom stereocenters. The van der Waals surface area contributed by atoms with E-state index in [0.29, 0.717) is 11.5 Å². The molecule has 3 rings (SSSR count). The lowest BCUT2D eigenvalue weighted by atomic mass is 9.70. The molecule has 2 saturated carbocycles. The number of hydrogen-bond donors (Lipinski definition) is 1. The highest BCUT2D eigenvalue weighted by atomic mass is 16.4. The number of nitrogens with zero attached hydrogens (tertiary/aromatic N) is 1. The quantitative estimate of drug-likeness (QED) is 0.833. The Morgan fingerprint density at radius 1 is 0.947 bits per heavy atom. The summed E-state index contributed by atoms with van der Waals surface area (Å²) in [6.07, 6.45) is 12.7. The first-order chi connectivity index (χ1) is 9.20. The van der Waals surface area contributed by atoms with Gasteiger partial charge in [0.1, 0.15) is 0 Å². The second kappa shape index (κ2) is 5.43. The average Bonchev–Trinajstić information content (AvgIpc) is 2.62. The molecule has 0 aromatic heterocycles. The molecule has 3 fully saturated rings. The Hall–Kier alpha value is -0.570. The van der Waals surface area contributed by atoms with E-state index in [9.17, 15) is 9.90 Å². The second-order valence-corrected chi connectivity index (χ2v) is 7.12. The molecule has 3 heteroatoms. The highest BCUT2D eigenvalue weighted by Crippen LogP contribution is 2.45. The fourth-order valence-electron chi connectivity index (χ4n) is 4.68. The zero-order valence-electron chi connectivity index (χ0n) is 11.9. The Kier molecular flexibility index (Phi) is 3.84. The topological polar surface area (TPSA) is 40.5 Å². The van der Waals surface area contributed by atoms with E-state index in [1.165, 1.54) is 58.0 Å². The largest absolute Gasteiger partial charge is 0.481 e. The maximum Gasteiger partial charge on any atom is 0.308 e. The van der Waals surface area contributed by atoms with Crippen LogP contribution in [0.2, 0.25) is 0 Å². The van der Waals surface area contributed by atoms with Crippen molar-refractivity contribution < 1.29 is 9.90 Å². The molecule has 1 aliphatic heterocycles. The standard InChI is InChI=1S/C16H27NO2/c18-15(19)13-7-3-4-8-14(13)17-11-16(12-17)9-5-1-2-6-10-16/h13-14H,1-12H2,(H,18,19). The van der Waals surface area contributed by atoms with Crippen LogP contribution in [0.25, 0.3) is 0 Å². The van der Waals surface area contributed by atoms with Crippen LogP contribution in [-0.2, 0) is 4.79 Å². The minimum atomic E-state index is -0.563. The third-order valence-electron chi connectivity index (χ3n) is 5.76. The monoisotopic (exact) mass is 265 g/mol. The summed E-state index contributed by atoms with van der Waals surface area (Å²) >= 11 is 0. The molecule has 0 amide bonds. The van der Waals surface area contributed by atoms with Crippen molar-refractivity contribution in [2.75, 3.05) is 13.1 Å². The second-order valence-electron chi connectivity index (χ2n) is 7.12. The van der Waals surface area contributed by atoms with Crippen molar-refractivity contribution >= 4 is 5.97 Å². The van der Waals surface area contributed by atoms with Crippen LogP contribution in [0, 0.1) is 11.3 Å². The van der Waals surface area contributed by atoms with Gasteiger partial charge in [-0.3, -0.25) is 9.69 Å². The van der Waals surface area contributed by atoms with E-state index in [-0.39, 0.29) is 5.92 Å². The maximum absolute atomic E-state index is 11.4. The Morgan fingerprint density at radius 3 is 2.21 bits per heavy atom. The summed E-state index contributed by atoms with van der Waals surface area (Å²) in [4.78, 5) is 13.9. The lowest BCUT2D eigenvalue weighted by Gasteiger charge is -2.55. The number of carboxylic acid groups (broad SMARTS) is 1. The first-order valence-corrected chi connectivity index (χ1v) is 8.17. The molecule has 1 saturated heterocycles. The molecule has 0 radical (unpaired) electrons.